The van der Waals surface area contributed by atoms with E-state index < -0.39 is 0 Å². The van der Waals surface area contributed by atoms with Crippen molar-refractivity contribution in [1.82, 2.24) is 10.2 Å². The summed E-state index contributed by atoms with van der Waals surface area (Å²) in [4.78, 5) is 2.53. The summed E-state index contributed by atoms with van der Waals surface area (Å²) in [6.45, 7) is 16.2. The highest BCUT2D eigenvalue weighted by Gasteiger charge is 2.18. The molecule has 0 aliphatic carbocycles. The van der Waals surface area contributed by atoms with Crippen molar-refractivity contribution in [2.24, 2.45) is 0 Å². The smallest absolute Gasteiger partial charge is 0.0703 e. The monoisotopic (exact) mass is 260 g/mol. The van der Waals surface area contributed by atoms with Gasteiger partial charge in [0.2, 0.25) is 0 Å². The number of ether oxygens (including phenoxy) is 1. The molecule has 18 heavy (non-hydrogen) atoms. The van der Waals surface area contributed by atoms with E-state index in [4.69, 9.17) is 4.74 Å². The molecule has 0 saturated carbocycles. The van der Waals surface area contributed by atoms with Crippen molar-refractivity contribution in [2.75, 3.05) is 32.8 Å². The maximum absolute atomic E-state index is 5.79. The van der Waals surface area contributed by atoms with Crippen molar-refractivity contribution in [2.45, 2.75) is 66.0 Å². The van der Waals surface area contributed by atoms with Gasteiger partial charge in [-0.05, 0) is 32.4 Å². The molecule has 1 fully saturated rings. The molecule has 1 atom stereocenters. The second kappa shape index (κ2) is 11.9. The highest BCUT2D eigenvalue weighted by atomic mass is 16.5. The predicted molar refractivity (Wildman–Crippen MR) is 82.3 cm³/mol. The van der Waals surface area contributed by atoms with E-state index in [0.29, 0.717) is 12.1 Å². The summed E-state index contributed by atoms with van der Waals surface area (Å²) >= 11 is 0. The standard InChI is InChI=1S/C13H28N2O.C2H6.H2/c1-4-8-15-9-10-16-13(11-15)6-5-7-14-12(2)3;1-2;/h12-14H,4-11H2,1-3H3;1-2H3;1H/t13-;;/m1../s1. The van der Waals surface area contributed by atoms with Gasteiger partial charge in [0.05, 0.1) is 12.7 Å². The third-order valence-corrected chi connectivity index (χ3v) is 3.02. The van der Waals surface area contributed by atoms with Crippen LogP contribution in [-0.4, -0.2) is 49.8 Å². The second-order valence-corrected chi connectivity index (χ2v) is 5.04. The van der Waals surface area contributed by atoms with E-state index in [2.05, 4.69) is 31.0 Å². The van der Waals surface area contributed by atoms with Gasteiger partial charge >= 0.3 is 0 Å². The Hall–Kier alpha value is -0.120. The van der Waals surface area contributed by atoms with Gasteiger partial charge in [-0.1, -0.05) is 34.6 Å². The largest absolute Gasteiger partial charge is 0.376 e. The average molecular weight is 260 g/mol. The fourth-order valence-electron chi connectivity index (χ4n) is 2.19. The normalized spacial score (nSPS) is 20.7. The Morgan fingerprint density at radius 1 is 1.39 bits per heavy atom. The molecule has 3 heteroatoms. The van der Waals surface area contributed by atoms with Gasteiger partial charge < -0.3 is 10.1 Å². The first-order valence-electron chi connectivity index (χ1n) is 7.79. The van der Waals surface area contributed by atoms with Crippen LogP contribution in [0.25, 0.3) is 0 Å². The molecule has 1 aliphatic rings. The van der Waals surface area contributed by atoms with Crippen LogP contribution < -0.4 is 5.32 Å². The molecule has 0 bridgehead atoms. The van der Waals surface area contributed by atoms with Gasteiger partial charge in [-0.15, -0.1) is 0 Å². The van der Waals surface area contributed by atoms with E-state index >= 15 is 0 Å². The number of morpholine rings is 1. The summed E-state index contributed by atoms with van der Waals surface area (Å²) in [6.07, 6.45) is 4.14. The van der Waals surface area contributed by atoms with Crippen molar-refractivity contribution in [3.05, 3.63) is 0 Å². The Morgan fingerprint density at radius 3 is 2.72 bits per heavy atom. The number of hydrogen-bond donors (Lipinski definition) is 1. The molecule has 1 aliphatic heterocycles. The quantitative estimate of drug-likeness (QED) is 0.712. The SMILES string of the molecule is CC.CCCN1CCO[C@H](CCCNC(C)C)C1.[HH]. The van der Waals surface area contributed by atoms with E-state index in [-0.39, 0.29) is 1.43 Å². The van der Waals surface area contributed by atoms with Gasteiger partial charge in [-0.3, -0.25) is 4.90 Å². The minimum absolute atomic E-state index is 0. The lowest BCUT2D eigenvalue weighted by Gasteiger charge is -2.32. The zero-order chi connectivity index (χ0) is 13.8. The van der Waals surface area contributed by atoms with Crippen LogP contribution in [0, 0.1) is 0 Å². The molecule has 0 amide bonds. The topological polar surface area (TPSA) is 24.5 Å². The lowest BCUT2D eigenvalue weighted by Crippen LogP contribution is -2.42. The molecule has 1 heterocycles. The molecule has 0 unspecified atom stereocenters. The molecule has 0 radical (unpaired) electrons. The first-order chi connectivity index (χ1) is 8.72. The van der Waals surface area contributed by atoms with Crippen LogP contribution in [0.15, 0.2) is 0 Å². The zero-order valence-corrected chi connectivity index (χ0v) is 13.2. The van der Waals surface area contributed by atoms with Gasteiger partial charge in [0, 0.05) is 20.6 Å². The first kappa shape index (κ1) is 17.9. The molecule has 1 N–H and O–H groups in total. The highest BCUT2D eigenvalue weighted by molar-refractivity contribution is 4.71. The Bertz CT molecular complexity index is 178. The van der Waals surface area contributed by atoms with Crippen LogP contribution in [0.2, 0.25) is 0 Å². The number of hydrogen-bond acceptors (Lipinski definition) is 3. The average Bonchev–Trinajstić information content (AvgIpc) is 2.38. The molecule has 0 aromatic heterocycles. The van der Waals surface area contributed by atoms with Gasteiger partial charge in [-0.2, -0.15) is 0 Å². The van der Waals surface area contributed by atoms with Crippen molar-refractivity contribution >= 4 is 0 Å². The van der Waals surface area contributed by atoms with Crippen molar-refractivity contribution < 1.29 is 6.16 Å². The maximum atomic E-state index is 5.79. The Balaban J connectivity index is 0. The van der Waals surface area contributed by atoms with Gasteiger partial charge in [-0.25, -0.2) is 0 Å². The van der Waals surface area contributed by atoms with Crippen molar-refractivity contribution in [3.8, 4) is 0 Å². The summed E-state index contributed by atoms with van der Waals surface area (Å²) in [6, 6.07) is 0.601. The van der Waals surface area contributed by atoms with Gasteiger partial charge in [0.15, 0.2) is 0 Å². The zero-order valence-electron chi connectivity index (χ0n) is 13.2. The molecule has 0 aromatic rings. The summed E-state index contributed by atoms with van der Waals surface area (Å²) in [5, 5.41) is 3.45. The minimum atomic E-state index is 0. The first-order valence-corrected chi connectivity index (χ1v) is 7.79. The van der Waals surface area contributed by atoms with Crippen LogP contribution in [0.4, 0.5) is 0 Å². The van der Waals surface area contributed by atoms with E-state index in [1.54, 1.807) is 0 Å². The fraction of sp³-hybridized carbons (Fsp3) is 1.00. The molecule has 1 rings (SSSR count). The van der Waals surface area contributed by atoms with Crippen molar-refractivity contribution in [1.29, 1.82) is 0 Å². The maximum Gasteiger partial charge on any atom is 0.0703 e. The van der Waals surface area contributed by atoms with Crippen molar-refractivity contribution in [3.63, 3.8) is 0 Å². The summed E-state index contributed by atoms with van der Waals surface area (Å²) < 4.78 is 5.79. The molecule has 112 valence electrons. The number of nitrogens with one attached hydrogen (secondary N) is 1. The van der Waals surface area contributed by atoms with Gasteiger partial charge in [0.25, 0.3) is 0 Å². The van der Waals surface area contributed by atoms with E-state index in [1.165, 1.54) is 25.8 Å². The summed E-state index contributed by atoms with van der Waals surface area (Å²) in [7, 11) is 0. The molecule has 3 nitrogen and oxygen atoms in total. The molecule has 0 aromatic carbocycles. The Kier molecular flexibility index (Phi) is 11.9. The second-order valence-electron chi connectivity index (χ2n) is 5.04. The van der Waals surface area contributed by atoms with Gasteiger partial charge in [0.1, 0.15) is 0 Å². The number of nitrogens with zero attached hydrogens (tertiary/aromatic N) is 1. The summed E-state index contributed by atoms with van der Waals surface area (Å²) in [5.74, 6) is 0. The van der Waals surface area contributed by atoms with Crippen LogP contribution in [-0.2, 0) is 4.74 Å². The fourth-order valence-corrected chi connectivity index (χ4v) is 2.19. The van der Waals surface area contributed by atoms with Crippen LogP contribution in [0.5, 0.6) is 0 Å². The van der Waals surface area contributed by atoms with Crippen LogP contribution >= 0.6 is 0 Å². The lowest BCUT2D eigenvalue weighted by atomic mass is 10.1. The van der Waals surface area contributed by atoms with E-state index in [9.17, 15) is 0 Å². The minimum Gasteiger partial charge on any atom is -0.376 e. The Labute approximate surface area is 116 Å². The molecule has 0 spiro atoms. The molecule has 1 saturated heterocycles. The molecular weight excluding hydrogens is 224 g/mol. The lowest BCUT2D eigenvalue weighted by molar-refractivity contribution is -0.0325. The van der Waals surface area contributed by atoms with E-state index in [1.807, 2.05) is 13.8 Å². The third kappa shape index (κ3) is 8.90. The Morgan fingerprint density at radius 2 is 2.11 bits per heavy atom. The van der Waals surface area contributed by atoms with E-state index in [0.717, 1.165) is 26.2 Å². The predicted octanol–water partition coefficient (Wildman–Crippen LogP) is 3.15. The summed E-state index contributed by atoms with van der Waals surface area (Å²) in [5.41, 5.74) is 0. The highest BCUT2D eigenvalue weighted by Crippen LogP contribution is 2.10. The van der Waals surface area contributed by atoms with Crippen LogP contribution in [0.3, 0.4) is 0 Å². The van der Waals surface area contributed by atoms with Crippen LogP contribution in [0.1, 0.15) is 55.3 Å². The number of rotatable bonds is 7. The molecular formula is C15H36N2O. The third-order valence-electron chi connectivity index (χ3n) is 3.02.